The summed E-state index contributed by atoms with van der Waals surface area (Å²) >= 11 is 0. The summed E-state index contributed by atoms with van der Waals surface area (Å²) in [5.41, 5.74) is 0.374. The Bertz CT molecular complexity index is 923. The maximum Gasteiger partial charge on any atom is 0.251 e. The van der Waals surface area contributed by atoms with Crippen LogP contribution < -0.4 is 10.2 Å². The first-order valence-electron chi connectivity index (χ1n) is 8.97. The molecule has 1 amide bonds. The number of hydrogen-bond acceptors (Lipinski definition) is 6. The fourth-order valence-corrected chi connectivity index (χ4v) is 4.49. The molecule has 2 heterocycles. The Morgan fingerprint density at radius 1 is 1.04 bits per heavy atom. The van der Waals surface area contributed by atoms with Crippen LogP contribution in [0.1, 0.15) is 23.2 Å². The fraction of sp³-hybridized carbons (Fsp3) is 0.389. The van der Waals surface area contributed by atoms with E-state index in [4.69, 9.17) is 0 Å². The number of carbonyl (C=O) groups excluding carboxylic acids is 1. The van der Waals surface area contributed by atoms with Crippen LogP contribution in [0.2, 0.25) is 0 Å². The normalized spacial score (nSPS) is 18.3. The van der Waals surface area contributed by atoms with Crippen LogP contribution in [0.5, 0.6) is 0 Å². The van der Waals surface area contributed by atoms with Crippen LogP contribution in [0.3, 0.4) is 0 Å². The van der Waals surface area contributed by atoms with E-state index < -0.39 is 10.0 Å². The molecular formula is C18H21N5O3S. The average Bonchev–Trinajstić information content (AvgIpc) is 3.53. The third-order valence-electron chi connectivity index (χ3n) is 4.72. The van der Waals surface area contributed by atoms with Gasteiger partial charge in [-0.3, -0.25) is 4.79 Å². The molecule has 1 saturated heterocycles. The van der Waals surface area contributed by atoms with Crippen LogP contribution in [0.4, 0.5) is 5.95 Å². The second-order valence-electron chi connectivity index (χ2n) is 6.72. The molecule has 1 N–H and O–H groups in total. The first-order chi connectivity index (χ1) is 13.0. The SMILES string of the molecule is O=C(NC1CC1)c1cccc(S(=O)(=O)N2CCN(c3ncccn3)CC2)c1. The molecule has 142 valence electrons. The lowest BCUT2D eigenvalue weighted by molar-refractivity contribution is 0.0951. The van der Waals surface area contributed by atoms with E-state index in [1.807, 2.05) is 4.90 Å². The third kappa shape index (κ3) is 3.93. The molecule has 0 unspecified atom stereocenters. The van der Waals surface area contributed by atoms with Crippen LogP contribution in [0.25, 0.3) is 0 Å². The Kier molecular flexibility index (Phi) is 4.79. The summed E-state index contributed by atoms with van der Waals surface area (Å²) in [6.07, 6.45) is 5.31. The van der Waals surface area contributed by atoms with E-state index in [1.165, 1.54) is 16.4 Å². The van der Waals surface area contributed by atoms with Gasteiger partial charge in [0.05, 0.1) is 4.90 Å². The molecule has 9 heteroatoms. The van der Waals surface area contributed by atoms with Crippen molar-refractivity contribution in [2.75, 3.05) is 31.1 Å². The van der Waals surface area contributed by atoms with Gasteiger partial charge in [0.25, 0.3) is 5.91 Å². The summed E-state index contributed by atoms with van der Waals surface area (Å²) in [5, 5.41) is 2.88. The largest absolute Gasteiger partial charge is 0.349 e. The number of rotatable bonds is 5. The van der Waals surface area contributed by atoms with Gasteiger partial charge < -0.3 is 10.2 Å². The first kappa shape index (κ1) is 17.9. The van der Waals surface area contributed by atoms with Crippen LogP contribution in [-0.4, -0.2) is 60.8 Å². The summed E-state index contributed by atoms with van der Waals surface area (Å²) in [7, 11) is -3.65. The molecule has 0 bridgehead atoms. The standard InChI is InChI=1S/C18H21N5O3S/c24-17(21-15-5-6-15)14-3-1-4-16(13-14)27(25,26)23-11-9-22(10-12-23)18-19-7-2-8-20-18/h1-4,7-8,13,15H,5-6,9-12H2,(H,21,24). The van der Waals surface area contributed by atoms with Gasteiger partial charge in [-0.25, -0.2) is 18.4 Å². The van der Waals surface area contributed by atoms with Crippen molar-refractivity contribution in [2.24, 2.45) is 0 Å². The molecule has 1 aliphatic heterocycles. The Balaban J connectivity index is 1.46. The lowest BCUT2D eigenvalue weighted by Gasteiger charge is -2.33. The number of carbonyl (C=O) groups is 1. The van der Waals surface area contributed by atoms with Crippen LogP contribution >= 0.6 is 0 Å². The molecule has 27 heavy (non-hydrogen) atoms. The number of amides is 1. The van der Waals surface area contributed by atoms with E-state index in [1.54, 1.807) is 30.6 Å². The van der Waals surface area contributed by atoms with Crippen molar-refractivity contribution < 1.29 is 13.2 Å². The van der Waals surface area contributed by atoms with E-state index >= 15 is 0 Å². The minimum Gasteiger partial charge on any atom is -0.349 e. The van der Waals surface area contributed by atoms with Crippen molar-refractivity contribution in [3.8, 4) is 0 Å². The molecule has 4 rings (SSSR count). The topological polar surface area (TPSA) is 95.5 Å². The second-order valence-corrected chi connectivity index (χ2v) is 8.65. The fourth-order valence-electron chi connectivity index (χ4n) is 3.03. The van der Waals surface area contributed by atoms with Gasteiger partial charge in [0.15, 0.2) is 0 Å². The van der Waals surface area contributed by atoms with E-state index in [-0.39, 0.29) is 16.8 Å². The number of piperazine rings is 1. The molecule has 2 aliphatic rings. The zero-order valence-electron chi connectivity index (χ0n) is 14.8. The zero-order chi connectivity index (χ0) is 18.9. The van der Waals surface area contributed by atoms with Crippen molar-refractivity contribution >= 4 is 21.9 Å². The number of nitrogens with one attached hydrogen (secondary N) is 1. The average molecular weight is 387 g/mol. The highest BCUT2D eigenvalue weighted by Gasteiger charge is 2.30. The van der Waals surface area contributed by atoms with Gasteiger partial charge in [0.2, 0.25) is 16.0 Å². The van der Waals surface area contributed by atoms with Crippen LogP contribution in [0.15, 0.2) is 47.6 Å². The van der Waals surface area contributed by atoms with Crippen molar-refractivity contribution in [1.82, 2.24) is 19.6 Å². The predicted octanol–water partition coefficient (Wildman–Crippen LogP) is 0.880. The highest BCUT2D eigenvalue weighted by molar-refractivity contribution is 7.89. The monoisotopic (exact) mass is 387 g/mol. The smallest absolute Gasteiger partial charge is 0.251 e. The summed E-state index contributed by atoms with van der Waals surface area (Å²) < 4.78 is 27.4. The number of anilines is 1. The van der Waals surface area contributed by atoms with Gasteiger partial charge in [-0.15, -0.1) is 0 Å². The molecule has 1 aromatic heterocycles. The molecular weight excluding hydrogens is 366 g/mol. The number of nitrogens with zero attached hydrogens (tertiary/aromatic N) is 4. The van der Waals surface area contributed by atoms with Crippen LogP contribution in [-0.2, 0) is 10.0 Å². The quantitative estimate of drug-likeness (QED) is 0.818. The van der Waals surface area contributed by atoms with E-state index in [0.717, 1.165) is 12.8 Å². The molecule has 1 saturated carbocycles. The Morgan fingerprint density at radius 2 is 1.74 bits per heavy atom. The van der Waals surface area contributed by atoms with Crippen LogP contribution in [0, 0.1) is 0 Å². The van der Waals surface area contributed by atoms with E-state index in [2.05, 4.69) is 15.3 Å². The maximum absolute atomic E-state index is 13.0. The number of sulfonamides is 1. The maximum atomic E-state index is 13.0. The minimum atomic E-state index is -3.65. The van der Waals surface area contributed by atoms with Crippen molar-refractivity contribution in [3.05, 3.63) is 48.3 Å². The highest BCUT2D eigenvalue weighted by atomic mass is 32.2. The molecule has 1 aliphatic carbocycles. The summed E-state index contributed by atoms with van der Waals surface area (Å²) in [4.78, 5) is 22.7. The van der Waals surface area contributed by atoms with Gasteiger partial charge >= 0.3 is 0 Å². The lowest BCUT2D eigenvalue weighted by Crippen LogP contribution is -2.49. The number of aromatic nitrogens is 2. The summed E-state index contributed by atoms with van der Waals surface area (Å²) in [5.74, 6) is 0.383. The first-order valence-corrected chi connectivity index (χ1v) is 10.4. The second kappa shape index (κ2) is 7.24. The Morgan fingerprint density at radius 3 is 2.41 bits per heavy atom. The number of hydrogen-bond donors (Lipinski definition) is 1. The van der Waals surface area contributed by atoms with E-state index in [9.17, 15) is 13.2 Å². The van der Waals surface area contributed by atoms with Gasteiger partial charge in [-0.1, -0.05) is 6.07 Å². The molecule has 1 aromatic carbocycles. The summed E-state index contributed by atoms with van der Waals surface area (Å²) in [6.45, 7) is 1.73. The molecule has 2 aromatic rings. The third-order valence-corrected chi connectivity index (χ3v) is 6.61. The predicted molar refractivity (Wildman–Crippen MR) is 99.9 cm³/mol. The van der Waals surface area contributed by atoms with Crippen molar-refractivity contribution in [3.63, 3.8) is 0 Å². The van der Waals surface area contributed by atoms with Gasteiger partial charge in [0, 0.05) is 50.2 Å². The Labute approximate surface area is 158 Å². The minimum absolute atomic E-state index is 0.148. The van der Waals surface area contributed by atoms with Crippen molar-refractivity contribution in [2.45, 2.75) is 23.8 Å². The van der Waals surface area contributed by atoms with E-state index in [0.29, 0.717) is 37.7 Å². The highest BCUT2D eigenvalue weighted by Crippen LogP contribution is 2.22. The van der Waals surface area contributed by atoms with Gasteiger partial charge in [-0.05, 0) is 37.1 Å². The van der Waals surface area contributed by atoms with Gasteiger partial charge in [0.1, 0.15) is 0 Å². The van der Waals surface area contributed by atoms with Crippen molar-refractivity contribution in [1.29, 1.82) is 0 Å². The molecule has 2 fully saturated rings. The van der Waals surface area contributed by atoms with Gasteiger partial charge in [-0.2, -0.15) is 4.31 Å². The molecule has 0 atom stereocenters. The number of benzene rings is 1. The summed E-state index contributed by atoms with van der Waals surface area (Å²) in [6, 6.07) is 8.22. The molecule has 0 spiro atoms. The molecule has 0 radical (unpaired) electrons. The lowest BCUT2D eigenvalue weighted by atomic mass is 10.2. The zero-order valence-corrected chi connectivity index (χ0v) is 15.6. The Hall–Kier alpha value is -2.52. The molecule has 8 nitrogen and oxygen atoms in total.